The first-order chi connectivity index (χ1) is 6.20. The summed E-state index contributed by atoms with van der Waals surface area (Å²) in [6, 6.07) is 5.75. The quantitative estimate of drug-likeness (QED) is 0.615. The van der Waals surface area contributed by atoms with Gasteiger partial charge in [0.2, 0.25) is 0 Å². The molecule has 0 fully saturated rings. The van der Waals surface area contributed by atoms with E-state index < -0.39 is 0 Å². The molecule has 0 bridgehead atoms. The number of rotatable bonds is 3. The molecule has 0 unspecified atom stereocenters. The zero-order valence-electron chi connectivity index (χ0n) is 7.53. The van der Waals surface area contributed by atoms with Crippen LogP contribution in [0.2, 0.25) is 0 Å². The fraction of sp³-hybridized carbons (Fsp3) is 0.222. The monoisotopic (exact) mass is 213 g/mol. The number of methoxy groups -OCH3 is 1. The van der Waals surface area contributed by atoms with Crippen molar-refractivity contribution in [1.29, 1.82) is 0 Å². The van der Waals surface area contributed by atoms with Crippen LogP contribution in [0.15, 0.2) is 23.1 Å². The van der Waals surface area contributed by atoms with Gasteiger partial charge in [0.1, 0.15) is 10.7 Å². The topological polar surface area (TPSA) is 35.2 Å². The summed E-state index contributed by atoms with van der Waals surface area (Å²) in [7, 11) is 1.61. The summed E-state index contributed by atoms with van der Waals surface area (Å²) in [5.74, 6) is 0.736. The van der Waals surface area contributed by atoms with E-state index in [-0.39, 0.29) is 0 Å². The Bertz CT molecular complexity index is 303. The molecule has 0 aliphatic carbocycles. The van der Waals surface area contributed by atoms with Crippen LogP contribution < -0.4 is 10.5 Å². The molecule has 70 valence electrons. The molecule has 4 heteroatoms. The van der Waals surface area contributed by atoms with Crippen LogP contribution in [0.3, 0.4) is 0 Å². The third-order valence-electron chi connectivity index (χ3n) is 1.67. The molecule has 1 aromatic carbocycles. The highest BCUT2D eigenvalue weighted by atomic mass is 32.2. The van der Waals surface area contributed by atoms with Crippen molar-refractivity contribution in [3.63, 3.8) is 0 Å². The maximum absolute atomic E-state index is 5.60. The van der Waals surface area contributed by atoms with Crippen molar-refractivity contribution in [3.05, 3.63) is 23.8 Å². The van der Waals surface area contributed by atoms with Crippen LogP contribution in [0, 0.1) is 0 Å². The van der Waals surface area contributed by atoms with Gasteiger partial charge >= 0.3 is 0 Å². The first-order valence-electron chi connectivity index (χ1n) is 3.71. The summed E-state index contributed by atoms with van der Waals surface area (Å²) < 4.78 is 5.17. The zero-order valence-corrected chi connectivity index (χ0v) is 9.17. The molecule has 0 heterocycles. The van der Waals surface area contributed by atoms with Gasteiger partial charge in [0.15, 0.2) is 0 Å². The van der Waals surface area contributed by atoms with Crippen molar-refractivity contribution in [1.82, 2.24) is 0 Å². The molecule has 0 aromatic heterocycles. The van der Waals surface area contributed by atoms with Crippen LogP contribution in [0.1, 0.15) is 5.56 Å². The Morgan fingerprint density at radius 1 is 1.54 bits per heavy atom. The van der Waals surface area contributed by atoms with E-state index in [1.807, 2.05) is 24.5 Å². The third-order valence-corrected chi connectivity index (χ3v) is 2.66. The smallest absolute Gasteiger partial charge is 0.130 e. The molecule has 2 N–H and O–H groups in total. The van der Waals surface area contributed by atoms with Gasteiger partial charge in [-0.1, -0.05) is 18.3 Å². The van der Waals surface area contributed by atoms with Crippen molar-refractivity contribution in [2.75, 3.05) is 13.4 Å². The standard InChI is InChI=1S/C9H11NOS2/c1-11-6-4-3-5-7(13-2)8(6)9(10)12/h3-5H,1-2H3,(H2,10,12). The summed E-state index contributed by atoms with van der Waals surface area (Å²) in [4.78, 5) is 1.42. The maximum atomic E-state index is 5.60. The highest BCUT2D eigenvalue weighted by Crippen LogP contribution is 2.28. The molecular weight excluding hydrogens is 202 g/mol. The molecule has 2 nitrogen and oxygen atoms in total. The van der Waals surface area contributed by atoms with E-state index in [2.05, 4.69) is 0 Å². The number of thioether (sulfide) groups is 1. The number of ether oxygens (including phenoxy) is 1. The predicted molar refractivity (Wildman–Crippen MR) is 60.7 cm³/mol. The van der Waals surface area contributed by atoms with E-state index in [4.69, 9.17) is 22.7 Å². The van der Waals surface area contributed by atoms with Gasteiger partial charge in [-0.05, 0) is 18.4 Å². The Hall–Kier alpha value is -0.740. The lowest BCUT2D eigenvalue weighted by atomic mass is 10.2. The van der Waals surface area contributed by atoms with E-state index in [1.54, 1.807) is 18.9 Å². The molecule has 13 heavy (non-hydrogen) atoms. The Labute approximate surface area is 87.5 Å². The number of nitrogens with two attached hydrogens (primary N) is 1. The van der Waals surface area contributed by atoms with Crippen molar-refractivity contribution < 1.29 is 4.74 Å². The minimum absolute atomic E-state index is 0.377. The molecule has 0 atom stereocenters. The van der Waals surface area contributed by atoms with Gasteiger partial charge in [-0.2, -0.15) is 0 Å². The van der Waals surface area contributed by atoms with Gasteiger partial charge in [-0.25, -0.2) is 0 Å². The fourth-order valence-electron chi connectivity index (χ4n) is 1.09. The van der Waals surface area contributed by atoms with Crippen molar-refractivity contribution in [2.45, 2.75) is 4.90 Å². The largest absolute Gasteiger partial charge is 0.496 e. The second kappa shape index (κ2) is 4.48. The van der Waals surface area contributed by atoms with Gasteiger partial charge in [0.05, 0.1) is 12.7 Å². The van der Waals surface area contributed by atoms with Gasteiger partial charge in [-0.15, -0.1) is 11.8 Å². The molecule has 1 aromatic rings. The first-order valence-corrected chi connectivity index (χ1v) is 5.34. The Kier molecular flexibility index (Phi) is 3.57. The molecule has 1 rings (SSSR count). The van der Waals surface area contributed by atoms with Crippen LogP contribution in [0.5, 0.6) is 5.75 Å². The summed E-state index contributed by atoms with van der Waals surface area (Å²) >= 11 is 6.56. The van der Waals surface area contributed by atoms with E-state index >= 15 is 0 Å². The normalized spacial score (nSPS) is 9.69. The SMILES string of the molecule is COc1cccc(SC)c1C(N)=S. The third kappa shape index (κ3) is 2.14. The highest BCUT2D eigenvalue weighted by molar-refractivity contribution is 7.98. The van der Waals surface area contributed by atoms with Crippen molar-refractivity contribution in [2.24, 2.45) is 5.73 Å². The first kappa shape index (κ1) is 10.3. The minimum Gasteiger partial charge on any atom is -0.496 e. The molecule has 0 amide bonds. The Morgan fingerprint density at radius 2 is 2.23 bits per heavy atom. The Morgan fingerprint density at radius 3 is 2.69 bits per heavy atom. The van der Waals surface area contributed by atoms with Crippen molar-refractivity contribution in [3.8, 4) is 5.75 Å². The van der Waals surface area contributed by atoms with Gasteiger partial charge < -0.3 is 10.5 Å². The van der Waals surface area contributed by atoms with E-state index in [0.717, 1.165) is 16.2 Å². The minimum atomic E-state index is 0.377. The van der Waals surface area contributed by atoms with Crippen LogP contribution >= 0.6 is 24.0 Å². The molecule has 0 saturated heterocycles. The van der Waals surface area contributed by atoms with Gasteiger partial charge in [-0.3, -0.25) is 0 Å². The second-order valence-corrected chi connectivity index (χ2v) is 3.69. The zero-order chi connectivity index (χ0) is 9.84. The predicted octanol–water partition coefficient (Wildman–Crippen LogP) is 2.05. The fourth-order valence-corrected chi connectivity index (χ4v) is 2.00. The second-order valence-electron chi connectivity index (χ2n) is 2.40. The summed E-state index contributed by atoms with van der Waals surface area (Å²) in [5.41, 5.74) is 6.43. The lowest BCUT2D eigenvalue weighted by Crippen LogP contribution is -2.12. The molecule has 0 saturated carbocycles. The van der Waals surface area contributed by atoms with Gasteiger partial charge in [0.25, 0.3) is 0 Å². The molecule has 0 spiro atoms. The average Bonchev–Trinajstić information content (AvgIpc) is 2.16. The van der Waals surface area contributed by atoms with E-state index in [1.165, 1.54) is 0 Å². The maximum Gasteiger partial charge on any atom is 0.130 e. The molecule has 0 radical (unpaired) electrons. The van der Waals surface area contributed by atoms with Gasteiger partial charge in [0, 0.05) is 4.90 Å². The summed E-state index contributed by atoms with van der Waals surface area (Å²) in [5, 5.41) is 0. The highest BCUT2D eigenvalue weighted by Gasteiger charge is 2.10. The number of benzene rings is 1. The summed E-state index contributed by atoms with van der Waals surface area (Å²) in [6.07, 6.45) is 1.98. The molecule has 0 aliphatic rings. The van der Waals surface area contributed by atoms with Crippen molar-refractivity contribution >= 4 is 29.0 Å². The molecular formula is C9H11NOS2. The Balaban J connectivity index is 3.29. The van der Waals surface area contributed by atoms with Crippen LogP contribution in [0.25, 0.3) is 0 Å². The van der Waals surface area contributed by atoms with E-state index in [9.17, 15) is 0 Å². The van der Waals surface area contributed by atoms with Crippen LogP contribution in [-0.4, -0.2) is 18.4 Å². The van der Waals surface area contributed by atoms with Crippen LogP contribution in [0.4, 0.5) is 0 Å². The van der Waals surface area contributed by atoms with E-state index in [0.29, 0.717) is 4.99 Å². The number of hydrogen-bond donors (Lipinski definition) is 1. The average molecular weight is 213 g/mol. The lowest BCUT2D eigenvalue weighted by molar-refractivity contribution is 0.413. The lowest BCUT2D eigenvalue weighted by Gasteiger charge is -2.10. The summed E-state index contributed by atoms with van der Waals surface area (Å²) in [6.45, 7) is 0. The van der Waals surface area contributed by atoms with Crippen LogP contribution in [-0.2, 0) is 0 Å². The molecule has 0 aliphatic heterocycles. The number of hydrogen-bond acceptors (Lipinski definition) is 3. The number of thiocarbonyl (C=S) groups is 1.